The van der Waals surface area contributed by atoms with Crippen LogP contribution in [-0.2, 0) is 6.42 Å². The minimum atomic E-state index is -0.0939. The Labute approximate surface area is 133 Å². The van der Waals surface area contributed by atoms with Crippen molar-refractivity contribution in [2.75, 3.05) is 19.1 Å². The van der Waals surface area contributed by atoms with Crippen LogP contribution in [0.3, 0.4) is 0 Å². The topological polar surface area (TPSA) is 29.5 Å². The molecule has 110 valence electrons. The second-order valence-electron chi connectivity index (χ2n) is 4.73. The van der Waals surface area contributed by atoms with E-state index in [1.54, 1.807) is 31.2 Å². The molecule has 0 aliphatic rings. The Morgan fingerprint density at radius 3 is 2.43 bits per heavy atom. The summed E-state index contributed by atoms with van der Waals surface area (Å²) in [6.07, 6.45) is 0.985. The Morgan fingerprint density at radius 1 is 1.19 bits per heavy atom. The maximum atomic E-state index is 12.6. The van der Waals surface area contributed by atoms with E-state index in [2.05, 4.69) is 22.9 Å². The van der Waals surface area contributed by atoms with Gasteiger partial charge in [-0.05, 0) is 42.3 Å². The second kappa shape index (κ2) is 6.76. The number of halogens is 1. The number of hydrogen-bond acceptors (Lipinski definition) is 2. The molecule has 3 nitrogen and oxygen atoms in total. The largest absolute Gasteiger partial charge is 0.496 e. The van der Waals surface area contributed by atoms with Gasteiger partial charge in [-0.3, -0.25) is 4.79 Å². The van der Waals surface area contributed by atoms with Crippen LogP contribution in [0.1, 0.15) is 22.8 Å². The van der Waals surface area contributed by atoms with Gasteiger partial charge < -0.3 is 9.64 Å². The molecule has 4 heteroatoms. The smallest absolute Gasteiger partial charge is 0.261 e. The first-order valence-corrected chi connectivity index (χ1v) is 7.56. The van der Waals surface area contributed by atoms with Gasteiger partial charge in [0.25, 0.3) is 5.91 Å². The van der Waals surface area contributed by atoms with Crippen LogP contribution >= 0.6 is 15.9 Å². The molecule has 0 aromatic heterocycles. The van der Waals surface area contributed by atoms with Crippen molar-refractivity contribution < 1.29 is 9.53 Å². The van der Waals surface area contributed by atoms with E-state index in [9.17, 15) is 4.79 Å². The van der Waals surface area contributed by atoms with Gasteiger partial charge in [-0.2, -0.15) is 0 Å². The number of benzene rings is 2. The summed E-state index contributed by atoms with van der Waals surface area (Å²) >= 11 is 3.38. The Hall–Kier alpha value is -1.81. The fourth-order valence-corrected chi connectivity index (χ4v) is 2.44. The molecular formula is C17H18BrNO2. The Morgan fingerprint density at radius 2 is 1.86 bits per heavy atom. The summed E-state index contributed by atoms with van der Waals surface area (Å²) in [4.78, 5) is 14.3. The molecule has 0 fully saturated rings. The highest BCUT2D eigenvalue weighted by Crippen LogP contribution is 2.26. The number of hydrogen-bond donors (Lipinski definition) is 0. The van der Waals surface area contributed by atoms with Crippen LogP contribution in [0.25, 0.3) is 0 Å². The highest BCUT2D eigenvalue weighted by Gasteiger charge is 2.18. The quantitative estimate of drug-likeness (QED) is 0.825. The molecule has 0 aliphatic heterocycles. The van der Waals surface area contributed by atoms with Crippen LogP contribution in [-0.4, -0.2) is 20.1 Å². The lowest BCUT2D eigenvalue weighted by Crippen LogP contribution is -2.26. The molecule has 1 amide bonds. The zero-order chi connectivity index (χ0) is 15.4. The van der Waals surface area contributed by atoms with Crippen LogP contribution in [0.2, 0.25) is 0 Å². The van der Waals surface area contributed by atoms with E-state index in [4.69, 9.17) is 4.74 Å². The van der Waals surface area contributed by atoms with Gasteiger partial charge >= 0.3 is 0 Å². The summed E-state index contributed by atoms with van der Waals surface area (Å²) in [7, 11) is 3.33. The zero-order valence-corrected chi connectivity index (χ0v) is 14.0. The van der Waals surface area contributed by atoms with Crippen molar-refractivity contribution in [2.45, 2.75) is 13.3 Å². The predicted octanol–water partition coefficient (Wildman–Crippen LogP) is 4.30. The first kappa shape index (κ1) is 15.6. The summed E-state index contributed by atoms with van der Waals surface area (Å²) in [5.74, 6) is 0.468. The molecule has 0 N–H and O–H groups in total. The average molecular weight is 348 g/mol. The minimum Gasteiger partial charge on any atom is -0.496 e. The van der Waals surface area contributed by atoms with Crippen molar-refractivity contribution in [1.29, 1.82) is 0 Å². The summed E-state index contributed by atoms with van der Waals surface area (Å²) in [5, 5.41) is 0. The minimum absolute atomic E-state index is 0.0939. The maximum absolute atomic E-state index is 12.6. The molecule has 2 rings (SSSR count). The molecule has 0 atom stereocenters. The number of nitrogens with zero attached hydrogens (tertiary/aromatic N) is 1. The van der Waals surface area contributed by atoms with Gasteiger partial charge in [0.15, 0.2) is 0 Å². The molecule has 21 heavy (non-hydrogen) atoms. The monoisotopic (exact) mass is 347 g/mol. The normalized spacial score (nSPS) is 10.3. The highest BCUT2D eigenvalue weighted by atomic mass is 79.9. The van der Waals surface area contributed by atoms with Crippen molar-refractivity contribution in [3.63, 3.8) is 0 Å². The van der Waals surface area contributed by atoms with Crippen molar-refractivity contribution in [3.05, 3.63) is 58.1 Å². The molecule has 0 saturated carbocycles. The van der Waals surface area contributed by atoms with E-state index in [-0.39, 0.29) is 5.91 Å². The van der Waals surface area contributed by atoms with Crippen LogP contribution in [0.4, 0.5) is 5.69 Å². The molecule has 0 unspecified atom stereocenters. The first-order valence-electron chi connectivity index (χ1n) is 6.77. The molecule has 0 aliphatic carbocycles. The number of rotatable bonds is 4. The van der Waals surface area contributed by atoms with E-state index in [0.29, 0.717) is 11.3 Å². The average Bonchev–Trinajstić information content (AvgIpc) is 2.53. The molecule has 0 saturated heterocycles. The third kappa shape index (κ3) is 3.45. The zero-order valence-electron chi connectivity index (χ0n) is 12.4. The predicted molar refractivity (Wildman–Crippen MR) is 89.2 cm³/mol. The highest BCUT2D eigenvalue weighted by molar-refractivity contribution is 9.10. The summed E-state index contributed by atoms with van der Waals surface area (Å²) in [6, 6.07) is 13.4. The Kier molecular flexibility index (Phi) is 5.02. The second-order valence-corrected chi connectivity index (χ2v) is 5.64. The maximum Gasteiger partial charge on any atom is 0.261 e. The van der Waals surface area contributed by atoms with E-state index < -0.39 is 0 Å². The molecule has 2 aromatic carbocycles. The summed E-state index contributed by atoms with van der Waals surface area (Å²) < 4.78 is 6.17. The molecule has 0 spiro atoms. The standard InChI is InChI=1S/C17H18BrNO2/c1-4-12-5-8-14(9-6-12)19(2)17(20)15-10-7-13(18)11-16(15)21-3/h5-11H,4H2,1-3H3. The number of aryl methyl sites for hydroxylation is 1. The van der Waals surface area contributed by atoms with E-state index in [0.717, 1.165) is 16.6 Å². The fourth-order valence-electron chi connectivity index (χ4n) is 2.09. The number of anilines is 1. The van der Waals surface area contributed by atoms with E-state index in [1.165, 1.54) is 5.56 Å². The summed E-state index contributed by atoms with van der Waals surface area (Å²) in [5.41, 5.74) is 2.66. The third-order valence-corrected chi connectivity index (χ3v) is 3.92. The third-order valence-electron chi connectivity index (χ3n) is 3.43. The molecule has 0 heterocycles. The lowest BCUT2D eigenvalue weighted by Gasteiger charge is -2.19. The van der Waals surface area contributed by atoms with Crippen LogP contribution in [0.15, 0.2) is 46.9 Å². The van der Waals surface area contributed by atoms with Crippen molar-refractivity contribution in [3.8, 4) is 5.75 Å². The van der Waals surface area contributed by atoms with Gasteiger partial charge in [0.2, 0.25) is 0 Å². The number of ether oxygens (including phenoxy) is 1. The van der Waals surface area contributed by atoms with Gasteiger partial charge in [-0.25, -0.2) is 0 Å². The lowest BCUT2D eigenvalue weighted by atomic mass is 10.1. The van der Waals surface area contributed by atoms with Crippen LogP contribution < -0.4 is 9.64 Å². The van der Waals surface area contributed by atoms with Gasteiger partial charge in [0.05, 0.1) is 12.7 Å². The van der Waals surface area contributed by atoms with E-state index >= 15 is 0 Å². The van der Waals surface area contributed by atoms with Crippen molar-refractivity contribution in [1.82, 2.24) is 0 Å². The summed E-state index contributed by atoms with van der Waals surface area (Å²) in [6.45, 7) is 2.11. The molecular weight excluding hydrogens is 330 g/mol. The first-order chi connectivity index (χ1) is 10.1. The van der Waals surface area contributed by atoms with Crippen molar-refractivity contribution >= 4 is 27.5 Å². The van der Waals surface area contributed by atoms with Gasteiger partial charge in [0, 0.05) is 17.2 Å². The Bertz CT molecular complexity index is 638. The SMILES string of the molecule is CCc1ccc(N(C)C(=O)c2ccc(Br)cc2OC)cc1. The fraction of sp³-hybridized carbons (Fsp3) is 0.235. The molecule has 0 radical (unpaired) electrons. The van der Waals surface area contributed by atoms with E-state index in [1.807, 2.05) is 30.3 Å². The number of carbonyl (C=O) groups is 1. The number of methoxy groups -OCH3 is 1. The molecule has 0 bridgehead atoms. The Balaban J connectivity index is 2.30. The van der Waals surface area contributed by atoms with Gasteiger partial charge in [-0.1, -0.05) is 35.0 Å². The van der Waals surface area contributed by atoms with Crippen molar-refractivity contribution in [2.24, 2.45) is 0 Å². The number of carbonyl (C=O) groups excluding carboxylic acids is 1. The number of amides is 1. The van der Waals surface area contributed by atoms with Gasteiger partial charge in [-0.15, -0.1) is 0 Å². The van der Waals surface area contributed by atoms with Crippen LogP contribution in [0, 0.1) is 0 Å². The van der Waals surface area contributed by atoms with Crippen LogP contribution in [0.5, 0.6) is 5.75 Å². The van der Waals surface area contributed by atoms with Gasteiger partial charge in [0.1, 0.15) is 5.75 Å². The lowest BCUT2D eigenvalue weighted by molar-refractivity contribution is 0.0990. The molecule has 2 aromatic rings.